The van der Waals surface area contributed by atoms with Crippen molar-refractivity contribution in [3.8, 4) is 0 Å². The minimum atomic E-state index is -3.72. The van der Waals surface area contributed by atoms with E-state index in [0.29, 0.717) is 48.6 Å². The quantitative estimate of drug-likeness (QED) is 0.522. The van der Waals surface area contributed by atoms with Gasteiger partial charge in [-0.1, -0.05) is 17.7 Å². The van der Waals surface area contributed by atoms with Crippen molar-refractivity contribution in [2.75, 3.05) is 38.2 Å². The van der Waals surface area contributed by atoms with Crippen LogP contribution in [0.1, 0.15) is 31.7 Å². The van der Waals surface area contributed by atoms with Crippen molar-refractivity contribution in [1.82, 2.24) is 22.8 Å². The van der Waals surface area contributed by atoms with Gasteiger partial charge in [-0.25, -0.2) is 13.1 Å². The maximum Gasteiger partial charge on any atom is 0.287 e. The molecular formula is C21H25ClN6O4S2. The number of ether oxygens (including phenoxy) is 1. The van der Waals surface area contributed by atoms with Gasteiger partial charge in [0, 0.05) is 26.2 Å². The molecule has 4 heterocycles. The van der Waals surface area contributed by atoms with Crippen LogP contribution in [0.2, 0.25) is 5.02 Å². The van der Waals surface area contributed by atoms with E-state index in [4.69, 9.17) is 16.3 Å². The molecule has 2 fully saturated rings. The third kappa shape index (κ3) is 4.57. The summed E-state index contributed by atoms with van der Waals surface area (Å²) in [6.07, 6.45) is 4.60. The first-order valence-corrected chi connectivity index (χ1v) is 13.8. The van der Waals surface area contributed by atoms with Gasteiger partial charge in [0.15, 0.2) is 0 Å². The van der Waals surface area contributed by atoms with Crippen LogP contribution in [-0.4, -0.2) is 64.1 Å². The maximum atomic E-state index is 13.3. The molecule has 0 amide bonds. The number of sulfonamides is 1. The van der Waals surface area contributed by atoms with Crippen LogP contribution in [0.3, 0.4) is 0 Å². The Morgan fingerprint density at radius 2 is 2.03 bits per heavy atom. The molecule has 2 saturated heterocycles. The smallest absolute Gasteiger partial charge is 0.287 e. The van der Waals surface area contributed by atoms with Gasteiger partial charge in [-0.15, -0.1) is 0 Å². The van der Waals surface area contributed by atoms with E-state index in [2.05, 4.69) is 19.2 Å². The number of nitrogens with zero attached hydrogens (tertiary/aromatic N) is 5. The fraction of sp³-hybridized carbons (Fsp3) is 0.524. The lowest BCUT2D eigenvalue weighted by Crippen LogP contribution is -2.41. The molecule has 34 heavy (non-hydrogen) atoms. The Morgan fingerprint density at radius 3 is 2.79 bits per heavy atom. The Kier molecular flexibility index (Phi) is 6.85. The molecule has 1 N–H and O–H groups in total. The van der Waals surface area contributed by atoms with Gasteiger partial charge in [0.05, 0.1) is 36.3 Å². The zero-order valence-corrected chi connectivity index (χ0v) is 20.8. The SMILES string of the molecule is O=c1c(Cl)c(NC[C@H]2CCCOC2)cnn1C1CCN(S(=O)(=O)c2cccc3nsnc23)CC1. The first-order valence-electron chi connectivity index (χ1n) is 11.3. The van der Waals surface area contributed by atoms with Gasteiger partial charge in [-0.3, -0.25) is 4.79 Å². The van der Waals surface area contributed by atoms with Gasteiger partial charge >= 0.3 is 0 Å². The van der Waals surface area contributed by atoms with Crippen LogP contribution in [-0.2, 0) is 14.8 Å². The molecular weight excluding hydrogens is 500 g/mol. The first kappa shape index (κ1) is 23.6. The summed E-state index contributed by atoms with van der Waals surface area (Å²) in [5.74, 6) is 0.379. The molecule has 2 aliphatic rings. The summed E-state index contributed by atoms with van der Waals surface area (Å²) in [4.78, 5) is 13.1. The van der Waals surface area contributed by atoms with Crippen LogP contribution in [0.5, 0.6) is 0 Å². The molecule has 0 bridgehead atoms. The molecule has 2 aliphatic heterocycles. The van der Waals surface area contributed by atoms with Crippen molar-refractivity contribution < 1.29 is 13.2 Å². The third-order valence-corrected chi connectivity index (χ3v) is 9.25. The lowest BCUT2D eigenvalue weighted by Gasteiger charge is -2.31. The number of nitrogens with one attached hydrogen (secondary N) is 1. The van der Waals surface area contributed by atoms with E-state index in [1.54, 1.807) is 24.4 Å². The summed E-state index contributed by atoms with van der Waals surface area (Å²) in [6, 6.07) is 4.75. The number of anilines is 1. The van der Waals surface area contributed by atoms with Crippen LogP contribution in [0.15, 0.2) is 34.1 Å². The third-order valence-electron chi connectivity index (χ3n) is 6.42. The first-order chi connectivity index (χ1) is 16.4. The Labute approximate surface area is 206 Å². The fourth-order valence-electron chi connectivity index (χ4n) is 4.51. The second-order valence-electron chi connectivity index (χ2n) is 8.61. The number of benzene rings is 1. The topological polar surface area (TPSA) is 119 Å². The predicted octanol–water partition coefficient (Wildman–Crippen LogP) is 2.77. The van der Waals surface area contributed by atoms with Crippen molar-refractivity contribution in [3.63, 3.8) is 0 Å². The highest BCUT2D eigenvalue weighted by molar-refractivity contribution is 7.89. The molecule has 0 radical (unpaired) electrons. The minimum Gasteiger partial charge on any atom is -0.382 e. The van der Waals surface area contributed by atoms with E-state index in [-0.39, 0.29) is 34.6 Å². The van der Waals surface area contributed by atoms with Gasteiger partial charge in [-0.2, -0.15) is 18.2 Å². The van der Waals surface area contributed by atoms with Crippen molar-refractivity contribution in [2.45, 2.75) is 36.6 Å². The molecule has 0 aliphatic carbocycles. The van der Waals surface area contributed by atoms with E-state index in [1.807, 2.05) is 0 Å². The van der Waals surface area contributed by atoms with E-state index in [9.17, 15) is 13.2 Å². The lowest BCUT2D eigenvalue weighted by molar-refractivity contribution is 0.0595. The molecule has 2 aromatic heterocycles. The van der Waals surface area contributed by atoms with E-state index in [1.165, 1.54) is 8.99 Å². The monoisotopic (exact) mass is 524 g/mol. The number of halogens is 1. The minimum absolute atomic E-state index is 0.101. The van der Waals surface area contributed by atoms with E-state index < -0.39 is 10.0 Å². The van der Waals surface area contributed by atoms with Crippen LogP contribution in [0.25, 0.3) is 11.0 Å². The molecule has 0 spiro atoms. The van der Waals surface area contributed by atoms with Gasteiger partial charge in [-0.05, 0) is 43.7 Å². The van der Waals surface area contributed by atoms with Crippen LogP contribution in [0, 0.1) is 5.92 Å². The molecule has 1 atom stereocenters. The summed E-state index contributed by atoms with van der Waals surface area (Å²) in [7, 11) is -3.72. The van der Waals surface area contributed by atoms with Gasteiger partial charge in [0.2, 0.25) is 10.0 Å². The van der Waals surface area contributed by atoms with Crippen LogP contribution >= 0.6 is 23.3 Å². The summed E-state index contributed by atoms with van der Waals surface area (Å²) < 4.78 is 43.1. The average Bonchev–Trinajstić information content (AvgIpc) is 3.35. The molecule has 0 saturated carbocycles. The summed E-state index contributed by atoms with van der Waals surface area (Å²) in [6.45, 7) is 2.71. The lowest BCUT2D eigenvalue weighted by atomic mass is 10.0. The van der Waals surface area contributed by atoms with Crippen LogP contribution < -0.4 is 10.9 Å². The molecule has 1 aromatic carbocycles. The molecule has 182 valence electrons. The second-order valence-corrected chi connectivity index (χ2v) is 11.4. The predicted molar refractivity (Wildman–Crippen MR) is 130 cm³/mol. The van der Waals surface area contributed by atoms with Crippen molar-refractivity contribution >= 4 is 50.1 Å². The Morgan fingerprint density at radius 1 is 1.21 bits per heavy atom. The highest BCUT2D eigenvalue weighted by Crippen LogP contribution is 2.29. The molecule has 5 rings (SSSR count). The number of fused-ring (bicyclic) bond motifs is 1. The fourth-order valence-corrected chi connectivity index (χ4v) is 6.93. The largest absolute Gasteiger partial charge is 0.382 e. The summed E-state index contributed by atoms with van der Waals surface area (Å²) in [5, 5.41) is 7.67. The number of rotatable bonds is 6. The number of hydrogen-bond acceptors (Lipinski definition) is 9. The Balaban J connectivity index is 1.26. The molecule has 0 unspecified atom stereocenters. The number of piperidine rings is 1. The standard InChI is InChI=1S/C21H25ClN6O4S2/c22-19-17(23-11-14-3-2-10-32-13-14)12-24-28(21(19)29)15-6-8-27(9-7-15)34(30,31)18-5-1-4-16-20(18)26-33-25-16/h1,4-5,12,14-15,23H,2-3,6-11,13H2/t14-/m1/s1. The summed E-state index contributed by atoms with van der Waals surface area (Å²) in [5.41, 5.74) is 1.10. The van der Waals surface area contributed by atoms with Crippen molar-refractivity contribution in [3.05, 3.63) is 39.8 Å². The number of aromatic nitrogens is 4. The maximum absolute atomic E-state index is 13.3. The van der Waals surface area contributed by atoms with E-state index in [0.717, 1.165) is 31.2 Å². The Bertz CT molecular complexity index is 1330. The highest BCUT2D eigenvalue weighted by Gasteiger charge is 2.33. The van der Waals surface area contributed by atoms with Gasteiger partial charge in [0.1, 0.15) is 21.0 Å². The average molecular weight is 525 g/mol. The van der Waals surface area contributed by atoms with Gasteiger partial charge < -0.3 is 10.1 Å². The molecule has 10 nitrogen and oxygen atoms in total. The van der Waals surface area contributed by atoms with Crippen molar-refractivity contribution in [2.24, 2.45) is 5.92 Å². The highest BCUT2D eigenvalue weighted by atomic mass is 35.5. The van der Waals surface area contributed by atoms with Gasteiger partial charge in [0.25, 0.3) is 5.56 Å². The normalized spacial score (nSPS) is 20.6. The zero-order chi connectivity index (χ0) is 23.7. The zero-order valence-electron chi connectivity index (χ0n) is 18.4. The van der Waals surface area contributed by atoms with E-state index >= 15 is 0 Å². The number of hydrogen-bond donors (Lipinski definition) is 1. The molecule has 13 heteroatoms. The molecule has 3 aromatic rings. The second kappa shape index (κ2) is 9.86. The Hall–Kier alpha value is -2.12. The van der Waals surface area contributed by atoms with Crippen molar-refractivity contribution in [1.29, 1.82) is 0 Å². The summed E-state index contributed by atoms with van der Waals surface area (Å²) >= 11 is 7.37. The van der Waals surface area contributed by atoms with Crippen LogP contribution in [0.4, 0.5) is 5.69 Å².